The largest absolute Gasteiger partial charge is 0.390 e. The van der Waals surface area contributed by atoms with Gasteiger partial charge < -0.3 is 9.84 Å². The van der Waals surface area contributed by atoms with Gasteiger partial charge in [0.15, 0.2) is 0 Å². The summed E-state index contributed by atoms with van der Waals surface area (Å²) in [5.41, 5.74) is 2.22. The molecule has 0 aliphatic carbocycles. The smallest absolute Gasteiger partial charge is 0.0814 e. The van der Waals surface area contributed by atoms with Crippen LogP contribution in [0.1, 0.15) is 31.9 Å². The Morgan fingerprint density at radius 3 is 2.44 bits per heavy atom. The van der Waals surface area contributed by atoms with Crippen molar-refractivity contribution in [1.29, 1.82) is 0 Å². The van der Waals surface area contributed by atoms with E-state index in [9.17, 15) is 5.11 Å². The molecule has 0 heterocycles. The summed E-state index contributed by atoms with van der Waals surface area (Å²) in [6.45, 7) is 8.43. The number of hydrogen-bond donors (Lipinski definition) is 1. The zero-order valence-corrected chi connectivity index (χ0v) is 10.7. The van der Waals surface area contributed by atoms with Crippen LogP contribution in [0, 0.1) is 6.92 Å². The molecule has 2 nitrogen and oxygen atoms in total. The normalized spacial score (nSPS) is 13.8. The molecule has 0 saturated carbocycles. The van der Waals surface area contributed by atoms with E-state index in [1.165, 1.54) is 11.1 Å². The van der Waals surface area contributed by atoms with E-state index in [4.69, 9.17) is 4.74 Å². The van der Waals surface area contributed by atoms with Crippen LogP contribution in [-0.4, -0.2) is 23.4 Å². The lowest BCUT2D eigenvalue weighted by Gasteiger charge is -2.22. The van der Waals surface area contributed by atoms with Crippen LogP contribution in [0.2, 0.25) is 0 Å². The van der Waals surface area contributed by atoms with Gasteiger partial charge in [-0.05, 0) is 38.8 Å². The molecule has 0 aliphatic rings. The highest BCUT2D eigenvalue weighted by atomic mass is 16.5. The molecule has 0 saturated heterocycles. The maximum atomic E-state index is 9.87. The summed E-state index contributed by atoms with van der Waals surface area (Å²) in [6, 6.07) is 8.12. The first-order valence-electron chi connectivity index (χ1n) is 5.75. The third-order valence-electron chi connectivity index (χ3n) is 2.43. The average Bonchev–Trinajstić information content (AvgIpc) is 2.18. The summed E-state index contributed by atoms with van der Waals surface area (Å²) in [6.07, 6.45) is 0.225. The van der Waals surface area contributed by atoms with E-state index >= 15 is 0 Å². The van der Waals surface area contributed by atoms with E-state index in [0.717, 1.165) is 0 Å². The number of benzene rings is 1. The second-order valence-electron chi connectivity index (χ2n) is 5.21. The summed E-state index contributed by atoms with van der Waals surface area (Å²) >= 11 is 0. The molecule has 1 unspecified atom stereocenters. The van der Waals surface area contributed by atoms with Gasteiger partial charge >= 0.3 is 0 Å². The van der Waals surface area contributed by atoms with Gasteiger partial charge in [-0.1, -0.05) is 24.3 Å². The molecule has 90 valence electrons. The van der Waals surface area contributed by atoms with Crippen LogP contribution < -0.4 is 0 Å². The van der Waals surface area contributed by atoms with E-state index in [-0.39, 0.29) is 5.60 Å². The van der Waals surface area contributed by atoms with Crippen molar-refractivity contribution in [1.82, 2.24) is 0 Å². The molecule has 0 spiro atoms. The molecule has 1 atom stereocenters. The molecule has 0 aliphatic heterocycles. The Kier molecular flexibility index (Phi) is 4.51. The standard InChI is InChI=1S/C14H22O2/c1-11-7-5-6-8-12(11)9-13(15)10-16-14(2,3)4/h5-8,13,15H,9-10H2,1-4H3. The number of rotatable bonds is 4. The second kappa shape index (κ2) is 5.46. The summed E-state index contributed by atoms with van der Waals surface area (Å²) in [4.78, 5) is 0. The first kappa shape index (κ1) is 13.2. The van der Waals surface area contributed by atoms with Gasteiger partial charge in [-0.3, -0.25) is 0 Å². The Balaban J connectivity index is 2.46. The van der Waals surface area contributed by atoms with Crippen LogP contribution in [0.4, 0.5) is 0 Å². The van der Waals surface area contributed by atoms with Crippen molar-refractivity contribution in [3.05, 3.63) is 35.4 Å². The van der Waals surface area contributed by atoms with E-state index in [2.05, 4.69) is 19.1 Å². The lowest BCUT2D eigenvalue weighted by molar-refractivity contribution is -0.0482. The zero-order valence-electron chi connectivity index (χ0n) is 10.7. The fourth-order valence-corrected chi connectivity index (χ4v) is 1.50. The summed E-state index contributed by atoms with van der Waals surface area (Å²) in [5.74, 6) is 0. The van der Waals surface area contributed by atoms with E-state index in [1.807, 2.05) is 32.9 Å². The summed E-state index contributed by atoms with van der Waals surface area (Å²) in [7, 11) is 0. The molecular weight excluding hydrogens is 200 g/mol. The van der Waals surface area contributed by atoms with Crippen molar-refractivity contribution < 1.29 is 9.84 Å². The van der Waals surface area contributed by atoms with Crippen LogP contribution in [-0.2, 0) is 11.2 Å². The third kappa shape index (κ3) is 4.77. The predicted octanol–water partition coefficient (Wildman–Crippen LogP) is 2.71. The average molecular weight is 222 g/mol. The number of aliphatic hydroxyl groups is 1. The number of aliphatic hydroxyl groups excluding tert-OH is 1. The van der Waals surface area contributed by atoms with Gasteiger partial charge in [0.05, 0.1) is 18.3 Å². The Labute approximate surface area is 98.3 Å². The topological polar surface area (TPSA) is 29.5 Å². The first-order valence-corrected chi connectivity index (χ1v) is 5.75. The lowest BCUT2D eigenvalue weighted by atomic mass is 10.0. The second-order valence-corrected chi connectivity index (χ2v) is 5.21. The van der Waals surface area contributed by atoms with E-state index in [0.29, 0.717) is 13.0 Å². The fourth-order valence-electron chi connectivity index (χ4n) is 1.50. The van der Waals surface area contributed by atoms with Gasteiger partial charge in [0, 0.05) is 6.42 Å². The van der Waals surface area contributed by atoms with Crippen molar-refractivity contribution in [2.75, 3.05) is 6.61 Å². The minimum absolute atomic E-state index is 0.188. The molecule has 0 aromatic heterocycles. The van der Waals surface area contributed by atoms with E-state index < -0.39 is 6.10 Å². The molecule has 1 N–H and O–H groups in total. The molecule has 1 rings (SSSR count). The van der Waals surface area contributed by atoms with Crippen molar-refractivity contribution in [2.45, 2.75) is 45.8 Å². The molecule has 2 heteroatoms. The molecule has 0 bridgehead atoms. The van der Waals surface area contributed by atoms with E-state index in [1.54, 1.807) is 0 Å². The minimum atomic E-state index is -0.430. The maximum absolute atomic E-state index is 9.87. The van der Waals surface area contributed by atoms with Crippen molar-refractivity contribution >= 4 is 0 Å². The molecule has 16 heavy (non-hydrogen) atoms. The molecular formula is C14H22O2. The Morgan fingerprint density at radius 2 is 1.88 bits per heavy atom. The number of ether oxygens (including phenoxy) is 1. The third-order valence-corrected chi connectivity index (χ3v) is 2.43. The van der Waals surface area contributed by atoms with Crippen molar-refractivity contribution in [3.63, 3.8) is 0 Å². The fraction of sp³-hybridized carbons (Fsp3) is 0.571. The van der Waals surface area contributed by atoms with Gasteiger partial charge in [-0.25, -0.2) is 0 Å². The number of aryl methyl sites for hydroxylation is 1. The summed E-state index contributed by atoms with van der Waals surface area (Å²) in [5, 5.41) is 9.87. The molecule has 0 amide bonds. The summed E-state index contributed by atoms with van der Waals surface area (Å²) < 4.78 is 5.55. The highest BCUT2D eigenvalue weighted by Gasteiger charge is 2.14. The SMILES string of the molecule is Cc1ccccc1CC(O)COC(C)(C)C. The zero-order chi connectivity index (χ0) is 12.2. The van der Waals surface area contributed by atoms with Gasteiger partial charge in [0.25, 0.3) is 0 Å². The molecule has 1 aromatic carbocycles. The monoisotopic (exact) mass is 222 g/mol. The van der Waals surface area contributed by atoms with Crippen molar-refractivity contribution in [2.24, 2.45) is 0 Å². The van der Waals surface area contributed by atoms with Crippen molar-refractivity contribution in [3.8, 4) is 0 Å². The Bertz CT molecular complexity index is 326. The molecule has 0 radical (unpaired) electrons. The number of hydrogen-bond acceptors (Lipinski definition) is 2. The maximum Gasteiger partial charge on any atom is 0.0814 e. The van der Waals surface area contributed by atoms with Crippen LogP contribution in [0.3, 0.4) is 0 Å². The Morgan fingerprint density at radius 1 is 1.25 bits per heavy atom. The van der Waals surface area contributed by atoms with Gasteiger partial charge in [0.1, 0.15) is 0 Å². The predicted molar refractivity (Wildman–Crippen MR) is 66.6 cm³/mol. The van der Waals surface area contributed by atoms with Crippen LogP contribution in [0.15, 0.2) is 24.3 Å². The first-order chi connectivity index (χ1) is 7.38. The highest BCUT2D eigenvalue weighted by molar-refractivity contribution is 5.26. The minimum Gasteiger partial charge on any atom is -0.390 e. The van der Waals surface area contributed by atoms with Crippen LogP contribution in [0.5, 0.6) is 0 Å². The van der Waals surface area contributed by atoms with Gasteiger partial charge in [-0.2, -0.15) is 0 Å². The van der Waals surface area contributed by atoms with Gasteiger partial charge in [0.2, 0.25) is 0 Å². The van der Waals surface area contributed by atoms with Crippen LogP contribution in [0.25, 0.3) is 0 Å². The molecule has 1 aromatic rings. The highest BCUT2D eigenvalue weighted by Crippen LogP contribution is 2.12. The van der Waals surface area contributed by atoms with Gasteiger partial charge in [-0.15, -0.1) is 0 Å². The lowest BCUT2D eigenvalue weighted by Crippen LogP contribution is -2.27. The quantitative estimate of drug-likeness (QED) is 0.848. The van der Waals surface area contributed by atoms with Crippen LogP contribution >= 0.6 is 0 Å². The Hall–Kier alpha value is -0.860. The molecule has 0 fully saturated rings.